The van der Waals surface area contributed by atoms with Crippen LogP contribution in [0, 0.1) is 0 Å². The molecule has 0 unspecified atom stereocenters. The minimum absolute atomic E-state index is 0.0111. The van der Waals surface area contributed by atoms with Crippen molar-refractivity contribution >= 4 is 22.3 Å². The molecule has 1 rings (SSSR count). The van der Waals surface area contributed by atoms with Gasteiger partial charge in [0.05, 0.1) is 11.1 Å². The van der Waals surface area contributed by atoms with Crippen LogP contribution in [0.2, 0.25) is 0 Å². The van der Waals surface area contributed by atoms with E-state index in [-0.39, 0.29) is 5.78 Å². The number of carbonyl (C=O) groups excluding carboxylic acids is 1. The topological polar surface area (TPSA) is 45.2 Å². The molecule has 0 aromatic carbocycles. The van der Waals surface area contributed by atoms with Crippen molar-refractivity contribution in [2.45, 2.75) is 19.9 Å². The molecule has 88 valence electrons. The van der Waals surface area contributed by atoms with Gasteiger partial charge < -0.3 is 10.2 Å². The first kappa shape index (κ1) is 12.7. The predicted molar refractivity (Wildman–Crippen MR) is 68.0 cm³/mol. The minimum Gasteiger partial charge on any atom is -0.383 e. The van der Waals surface area contributed by atoms with Crippen LogP contribution >= 0.6 is 11.3 Å². The Balaban J connectivity index is 2.67. The van der Waals surface area contributed by atoms with Gasteiger partial charge >= 0.3 is 0 Å². The Morgan fingerprint density at radius 3 is 2.81 bits per heavy atom. The predicted octanol–water partition coefficient (Wildman–Crippen LogP) is 2.22. The van der Waals surface area contributed by atoms with E-state index < -0.39 is 0 Å². The van der Waals surface area contributed by atoms with Crippen LogP contribution in [0.15, 0.2) is 18.5 Å². The fraction of sp³-hybridized carbons (Fsp3) is 0.455. The molecule has 1 aromatic heterocycles. The average molecular weight is 239 g/mol. The smallest absolute Gasteiger partial charge is 0.198 e. The van der Waals surface area contributed by atoms with Crippen LogP contribution in [0.1, 0.15) is 23.5 Å². The summed E-state index contributed by atoms with van der Waals surface area (Å²) >= 11 is 1.38. The van der Waals surface area contributed by atoms with Crippen LogP contribution in [0.3, 0.4) is 0 Å². The molecule has 1 N–H and O–H groups in total. The maximum Gasteiger partial charge on any atom is 0.198 e. The Labute approximate surface area is 100.0 Å². The van der Waals surface area contributed by atoms with Gasteiger partial charge in [-0.15, -0.1) is 0 Å². The van der Waals surface area contributed by atoms with Crippen molar-refractivity contribution in [2.24, 2.45) is 0 Å². The Hall–Kier alpha value is -1.36. The largest absolute Gasteiger partial charge is 0.383 e. The average Bonchev–Trinajstić information content (AvgIpc) is 2.61. The molecule has 0 aliphatic heterocycles. The number of allylic oxidation sites excluding steroid dienone is 1. The van der Waals surface area contributed by atoms with Crippen molar-refractivity contribution in [3.05, 3.63) is 23.3 Å². The number of anilines is 1. The molecule has 0 aliphatic rings. The Morgan fingerprint density at radius 1 is 1.56 bits per heavy atom. The van der Waals surface area contributed by atoms with E-state index >= 15 is 0 Å². The zero-order chi connectivity index (χ0) is 12.1. The molecule has 16 heavy (non-hydrogen) atoms. The summed E-state index contributed by atoms with van der Waals surface area (Å²) in [6.07, 6.45) is 4.89. The van der Waals surface area contributed by atoms with Gasteiger partial charge in [0.2, 0.25) is 0 Å². The van der Waals surface area contributed by atoms with Gasteiger partial charge in [-0.2, -0.15) is 0 Å². The first-order valence-corrected chi connectivity index (χ1v) is 5.92. The monoisotopic (exact) mass is 239 g/mol. The first-order valence-electron chi connectivity index (χ1n) is 5.10. The highest BCUT2D eigenvalue weighted by molar-refractivity contribution is 7.17. The Kier molecular flexibility index (Phi) is 4.49. The number of rotatable bonds is 5. The summed E-state index contributed by atoms with van der Waals surface area (Å²) < 4.78 is 0. The third-order valence-corrected chi connectivity index (χ3v) is 2.63. The summed E-state index contributed by atoms with van der Waals surface area (Å²) in [6, 6.07) is 0.325. The summed E-state index contributed by atoms with van der Waals surface area (Å²) in [5, 5.41) is 3.95. The number of carbonyl (C=O) groups is 1. The highest BCUT2D eigenvalue weighted by Gasteiger charge is 2.08. The van der Waals surface area contributed by atoms with Crippen LogP contribution in [-0.2, 0) is 0 Å². The lowest BCUT2D eigenvalue weighted by atomic mass is 10.3. The molecule has 0 spiro atoms. The quantitative estimate of drug-likeness (QED) is 0.632. The Morgan fingerprint density at radius 2 is 2.25 bits per heavy atom. The number of ketones is 1. The zero-order valence-electron chi connectivity index (χ0n) is 10.0. The van der Waals surface area contributed by atoms with Crippen molar-refractivity contribution in [3.8, 4) is 0 Å². The van der Waals surface area contributed by atoms with E-state index in [9.17, 15) is 4.79 Å². The lowest BCUT2D eigenvalue weighted by Gasteiger charge is -2.04. The van der Waals surface area contributed by atoms with Crippen LogP contribution in [0.5, 0.6) is 0 Å². The van der Waals surface area contributed by atoms with E-state index in [1.54, 1.807) is 18.5 Å². The third-order valence-electron chi connectivity index (χ3n) is 1.68. The molecule has 5 heteroatoms. The minimum atomic E-state index is -0.0111. The molecule has 1 aromatic rings. The van der Waals surface area contributed by atoms with Gasteiger partial charge in [0, 0.05) is 32.4 Å². The lowest BCUT2D eigenvalue weighted by Crippen LogP contribution is -2.08. The van der Waals surface area contributed by atoms with Gasteiger partial charge in [-0.25, -0.2) is 4.98 Å². The number of hydrogen-bond acceptors (Lipinski definition) is 5. The number of nitrogens with one attached hydrogen (secondary N) is 1. The molecule has 0 atom stereocenters. The first-order chi connectivity index (χ1) is 7.49. The number of thiazole rings is 1. The molecular formula is C11H17N3OS. The zero-order valence-corrected chi connectivity index (χ0v) is 10.8. The molecule has 0 saturated heterocycles. The van der Waals surface area contributed by atoms with E-state index in [1.165, 1.54) is 11.3 Å². The van der Waals surface area contributed by atoms with Crippen molar-refractivity contribution in [1.82, 2.24) is 9.88 Å². The molecule has 0 aliphatic carbocycles. The van der Waals surface area contributed by atoms with Gasteiger partial charge in [0.25, 0.3) is 0 Å². The molecule has 4 nitrogen and oxygen atoms in total. The van der Waals surface area contributed by atoms with Crippen molar-refractivity contribution in [2.75, 3.05) is 19.4 Å². The van der Waals surface area contributed by atoms with Gasteiger partial charge in [-0.3, -0.25) is 4.79 Å². The summed E-state index contributed by atoms with van der Waals surface area (Å²) in [5.74, 6) is -0.0111. The van der Waals surface area contributed by atoms with Crippen LogP contribution in [0.4, 0.5) is 5.13 Å². The molecule has 0 saturated carbocycles. The van der Waals surface area contributed by atoms with E-state index in [0.29, 0.717) is 10.9 Å². The molecule has 0 fully saturated rings. The van der Waals surface area contributed by atoms with Crippen molar-refractivity contribution in [3.63, 3.8) is 0 Å². The second kappa shape index (κ2) is 5.65. The maximum atomic E-state index is 11.7. The number of hydrogen-bond donors (Lipinski definition) is 1. The Bertz CT molecular complexity index is 382. The van der Waals surface area contributed by atoms with Gasteiger partial charge in [-0.05, 0) is 13.8 Å². The van der Waals surface area contributed by atoms with E-state index in [2.05, 4.69) is 10.3 Å². The molecule has 1 heterocycles. The molecular weight excluding hydrogens is 222 g/mol. The third kappa shape index (κ3) is 4.02. The molecule has 0 amide bonds. The summed E-state index contributed by atoms with van der Waals surface area (Å²) in [4.78, 5) is 18.3. The van der Waals surface area contributed by atoms with Gasteiger partial charge in [-0.1, -0.05) is 11.3 Å². The lowest BCUT2D eigenvalue weighted by molar-refractivity contribution is 0.104. The van der Waals surface area contributed by atoms with E-state index in [1.807, 2.05) is 32.8 Å². The number of nitrogens with zero attached hydrogens (tertiary/aromatic N) is 2. The standard InChI is InChI=1S/C11H17N3OS/c1-8(2)13-11-12-7-10(16-11)9(15)5-6-14(3)4/h5-8H,1-4H3,(H,12,13)/b6-5+. The highest BCUT2D eigenvalue weighted by Crippen LogP contribution is 2.19. The van der Waals surface area contributed by atoms with Gasteiger partial charge in [0.15, 0.2) is 10.9 Å². The van der Waals surface area contributed by atoms with Crippen LogP contribution in [-0.4, -0.2) is 35.8 Å². The molecule has 0 radical (unpaired) electrons. The molecule has 0 bridgehead atoms. The fourth-order valence-electron chi connectivity index (χ4n) is 1.00. The van der Waals surface area contributed by atoms with Crippen molar-refractivity contribution < 1.29 is 4.79 Å². The van der Waals surface area contributed by atoms with Crippen LogP contribution in [0.25, 0.3) is 0 Å². The van der Waals surface area contributed by atoms with Crippen molar-refractivity contribution in [1.29, 1.82) is 0 Å². The second-order valence-corrected chi connectivity index (χ2v) is 5.00. The van der Waals surface area contributed by atoms with Crippen LogP contribution < -0.4 is 5.32 Å². The highest BCUT2D eigenvalue weighted by atomic mass is 32.1. The summed E-state index contributed by atoms with van der Waals surface area (Å²) in [7, 11) is 3.75. The normalized spacial score (nSPS) is 11.1. The van der Waals surface area contributed by atoms with E-state index in [4.69, 9.17) is 0 Å². The second-order valence-electron chi connectivity index (χ2n) is 3.97. The fourth-order valence-corrected chi connectivity index (χ4v) is 1.88. The SMILES string of the molecule is CC(C)Nc1ncc(C(=O)/C=C/N(C)C)s1. The summed E-state index contributed by atoms with van der Waals surface area (Å²) in [6.45, 7) is 4.07. The van der Waals surface area contributed by atoms with E-state index in [0.717, 1.165) is 5.13 Å². The van der Waals surface area contributed by atoms with Gasteiger partial charge in [0.1, 0.15) is 0 Å². The maximum absolute atomic E-state index is 11.7. The summed E-state index contributed by atoms with van der Waals surface area (Å²) in [5.41, 5.74) is 0. The number of aromatic nitrogens is 1.